The van der Waals surface area contributed by atoms with E-state index in [2.05, 4.69) is 10.1 Å². The van der Waals surface area contributed by atoms with Crippen LogP contribution < -0.4 is 11.3 Å². The Balaban J connectivity index is 2.18. The fourth-order valence-electron chi connectivity index (χ4n) is 1.53. The second-order valence-corrected chi connectivity index (χ2v) is 3.67. The van der Waals surface area contributed by atoms with Crippen LogP contribution in [0.4, 0.5) is 5.95 Å². The van der Waals surface area contributed by atoms with Gasteiger partial charge in [-0.05, 0) is 22.6 Å². The van der Waals surface area contributed by atoms with Gasteiger partial charge >= 0.3 is 5.95 Å². The molecule has 2 rings (SSSR count). The van der Waals surface area contributed by atoms with Gasteiger partial charge in [0.2, 0.25) is 6.33 Å². The van der Waals surface area contributed by atoms with Crippen molar-refractivity contribution >= 4 is 11.9 Å². The van der Waals surface area contributed by atoms with Gasteiger partial charge in [0, 0.05) is 10.7 Å². The third-order valence-corrected chi connectivity index (χ3v) is 2.35. The van der Waals surface area contributed by atoms with Gasteiger partial charge < -0.3 is 10.1 Å². The third-order valence-electron chi connectivity index (χ3n) is 2.35. The Morgan fingerprint density at radius 3 is 2.95 bits per heavy atom. The van der Waals surface area contributed by atoms with Gasteiger partial charge in [-0.2, -0.15) is 4.68 Å². The van der Waals surface area contributed by atoms with Crippen molar-refractivity contribution in [2.45, 2.75) is 6.54 Å². The van der Waals surface area contributed by atoms with Crippen molar-refractivity contribution in [3.63, 3.8) is 0 Å². The zero-order valence-electron chi connectivity index (χ0n) is 9.68. The summed E-state index contributed by atoms with van der Waals surface area (Å²) in [5, 5.41) is 14.1. The summed E-state index contributed by atoms with van der Waals surface area (Å²) in [6.07, 6.45) is 1.26. The van der Waals surface area contributed by atoms with Crippen molar-refractivity contribution in [2.24, 2.45) is 5.84 Å². The number of rotatable bonds is 4. The summed E-state index contributed by atoms with van der Waals surface area (Å²) in [7, 11) is 0. The number of hydrogen-bond donors (Lipinski definition) is 2. The standard InChI is InChI=1S/C10H10N6O3/c11-13-9(17)8-3-1-2-7(4-8)5-15-6-12-10(14-15)16(18)19/h1-4,6H,5,11H2,(H,13,17). The van der Waals surface area contributed by atoms with Crippen molar-refractivity contribution in [3.05, 3.63) is 51.8 Å². The molecule has 19 heavy (non-hydrogen) atoms. The highest BCUT2D eigenvalue weighted by Gasteiger charge is 2.13. The van der Waals surface area contributed by atoms with E-state index < -0.39 is 16.8 Å². The van der Waals surface area contributed by atoms with E-state index in [4.69, 9.17) is 5.84 Å². The zero-order valence-corrected chi connectivity index (χ0v) is 9.68. The number of nitrogens with zero attached hydrogens (tertiary/aromatic N) is 4. The van der Waals surface area contributed by atoms with Crippen LogP contribution in [0.25, 0.3) is 0 Å². The number of nitro groups is 1. The number of nitrogen functional groups attached to an aromatic ring is 1. The minimum Gasteiger partial charge on any atom is -0.390 e. The smallest absolute Gasteiger partial charge is 0.390 e. The average molecular weight is 262 g/mol. The van der Waals surface area contributed by atoms with Crippen LogP contribution in [0.2, 0.25) is 0 Å². The molecule has 0 aliphatic heterocycles. The second kappa shape index (κ2) is 5.23. The first-order valence-electron chi connectivity index (χ1n) is 5.24. The van der Waals surface area contributed by atoms with Crippen molar-refractivity contribution in [2.75, 3.05) is 0 Å². The highest BCUT2D eigenvalue weighted by Crippen LogP contribution is 2.08. The van der Waals surface area contributed by atoms with E-state index in [0.717, 1.165) is 5.56 Å². The Morgan fingerprint density at radius 2 is 2.32 bits per heavy atom. The molecule has 0 saturated carbocycles. The Labute approximate surface area is 107 Å². The summed E-state index contributed by atoms with van der Waals surface area (Å²) < 4.78 is 1.32. The first-order chi connectivity index (χ1) is 9.10. The molecule has 1 amide bonds. The summed E-state index contributed by atoms with van der Waals surface area (Å²) in [6.45, 7) is 0.270. The number of amides is 1. The van der Waals surface area contributed by atoms with Gasteiger partial charge in [-0.15, -0.1) is 0 Å². The number of carbonyl (C=O) groups excluding carboxylic acids is 1. The summed E-state index contributed by atoms with van der Waals surface area (Å²) in [5.74, 6) is 4.17. The SMILES string of the molecule is NNC(=O)c1cccc(Cn2cnc([N+](=O)[O-])n2)c1. The average Bonchev–Trinajstić information content (AvgIpc) is 2.87. The summed E-state index contributed by atoms with van der Waals surface area (Å²) in [6, 6.07) is 6.68. The van der Waals surface area contributed by atoms with E-state index in [1.165, 1.54) is 11.0 Å². The molecule has 9 nitrogen and oxygen atoms in total. The van der Waals surface area contributed by atoms with Crippen LogP contribution in [0.15, 0.2) is 30.6 Å². The quantitative estimate of drug-likeness (QED) is 0.341. The monoisotopic (exact) mass is 262 g/mol. The first-order valence-corrected chi connectivity index (χ1v) is 5.24. The predicted molar refractivity (Wildman–Crippen MR) is 63.9 cm³/mol. The lowest BCUT2D eigenvalue weighted by Gasteiger charge is -2.02. The van der Waals surface area contributed by atoms with Crippen LogP contribution in [0.5, 0.6) is 0 Å². The fourth-order valence-corrected chi connectivity index (χ4v) is 1.53. The number of carbonyl (C=O) groups is 1. The normalized spacial score (nSPS) is 10.2. The molecule has 0 radical (unpaired) electrons. The summed E-state index contributed by atoms with van der Waals surface area (Å²) in [4.78, 5) is 24.7. The van der Waals surface area contributed by atoms with E-state index in [1.807, 2.05) is 5.43 Å². The van der Waals surface area contributed by atoms with Crippen LogP contribution in [0.1, 0.15) is 15.9 Å². The minimum atomic E-state index is -0.672. The maximum absolute atomic E-state index is 11.4. The van der Waals surface area contributed by atoms with Crippen LogP contribution in [0.3, 0.4) is 0 Å². The highest BCUT2D eigenvalue weighted by molar-refractivity contribution is 5.93. The Hall–Kier alpha value is -2.81. The van der Waals surface area contributed by atoms with Crippen molar-refractivity contribution in [1.82, 2.24) is 20.2 Å². The number of hydrazine groups is 1. The van der Waals surface area contributed by atoms with Crippen molar-refractivity contribution < 1.29 is 9.72 Å². The Morgan fingerprint density at radius 1 is 1.53 bits per heavy atom. The Kier molecular flexibility index (Phi) is 3.48. The molecule has 3 N–H and O–H groups in total. The molecular formula is C10H10N6O3. The van der Waals surface area contributed by atoms with E-state index in [0.29, 0.717) is 5.56 Å². The van der Waals surface area contributed by atoms with Gasteiger partial charge in [0.25, 0.3) is 5.91 Å². The minimum absolute atomic E-state index is 0.270. The molecule has 1 aromatic heterocycles. The number of nitrogens with two attached hydrogens (primary N) is 1. The molecule has 0 unspecified atom stereocenters. The largest absolute Gasteiger partial charge is 0.490 e. The van der Waals surface area contributed by atoms with Gasteiger partial charge in [-0.3, -0.25) is 10.2 Å². The number of benzene rings is 1. The molecule has 0 aliphatic carbocycles. The van der Waals surface area contributed by atoms with E-state index in [1.54, 1.807) is 24.3 Å². The van der Waals surface area contributed by atoms with Crippen LogP contribution in [-0.4, -0.2) is 25.6 Å². The molecule has 2 aromatic rings. The van der Waals surface area contributed by atoms with Crippen molar-refractivity contribution in [3.8, 4) is 0 Å². The molecule has 98 valence electrons. The number of hydrogen-bond acceptors (Lipinski definition) is 6. The maximum Gasteiger partial charge on any atom is 0.490 e. The van der Waals surface area contributed by atoms with Gasteiger partial charge in [0.1, 0.15) is 0 Å². The molecule has 0 saturated heterocycles. The molecule has 1 heterocycles. The molecule has 0 atom stereocenters. The summed E-state index contributed by atoms with van der Waals surface area (Å²) >= 11 is 0. The lowest BCUT2D eigenvalue weighted by molar-refractivity contribution is -0.394. The van der Waals surface area contributed by atoms with Crippen LogP contribution in [0, 0.1) is 10.1 Å². The molecule has 1 aromatic carbocycles. The lowest BCUT2D eigenvalue weighted by Crippen LogP contribution is -2.30. The topological polar surface area (TPSA) is 129 Å². The number of aromatic nitrogens is 3. The first kappa shape index (κ1) is 12.6. The van der Waals surface area contributed by atoms with Gasteiger partial charge in [-0.1, -0.05) is 17.1 Å². The number of nitrogens with one attached hydrogen (secondary N) is 1. The van der Waals surface area contributed by atoms with E-state index >= 15 is 0 Å². The van der Waals surface area contributed by atoms with E-state index in [9.17, 15) is 14.9 Å². The van der Waals surface area contributed by atoms with E-state index in [-0.39, 0.29) is 6.54 Å². The van der Waals surface area contributed by atoms with Crippen LogP contribution in [-0.2, 0) is 6.54 Å². The highest BCUT2D eigenvalue weighted by atomic mass is 16.6. The van der Waals surface area contributed by atoms with Gasteiger partial charge in [0.15, 0.2) is 0 Å². The molecule has 0 aliphatic rings. The molecule has 0 bridgehead atoms. The third kappa shape index (κ3) is 2.90. The molecule has 9 heteroatoms. The fraction of sp³-hybridized carbons (Fsp3) is 0.100. The summed E-state index contributed by atoms with van der Waals surface area (Å²) in [5.41, 5.74) is 3.18. The van der Waals surface area contributed by atoms with Crippen molar-refractivity contribution in [1.29, 1.82) is 0 Å². The van der Waals surface area contributed by atoms with Crippen LogP contribution >= 0.6 is 0 Å². The maximum atomic E-state index is 11.4. The van der Waals surface area contributed by atoms with Gasteiger partial charge in [0.05, 0.1) is 6.54 Å². The lowest BCUT2D eigenvalue weighted by atomic mass is 10.1. The van der Waals surface area contributed by atoms with Gasteiger partial charge in [-0.25, -0.2) is 5.84 Å². The Bertz CT molecular complexity index is 623. The molecular weight excluding hydrogens is 252 g/mol. The second-order valence-electron chi connectivity index (χ2n) is 3.67. The molecule has 0 spiro atoms. The molecule has 0 fully saturated rings. The zero-order chi connectivity index (χ0) is 13.8. The predicted octanol–water partition coefficient (Wildman–Crippen LogP) is -0.162.